The summed E-state index contributed by atoms with van der Waals surface area (Å²) in [5.74, 6) is -0.171. The lowest BCUT2D eigenvalue weighted by molar-refractivity contribution is -0.122. The van der Waals surface area contributed by atoms with E-state index in [-0.39, 0.29) is 35.7 Å². The number of ketones is 1. The van der Waals surface area contributed by atoms with Crippen molar-refractivity contribution < 1.29 is 19.4 Å². The number of phenolic OH excluding ortho intramolecular Hbond substituents is 1. The second kappa shape index (κ2) is 7.32. The fourth-order valence-electron chi connectivity index (χ4n) is 4.18. The maximum atomic E-state index is 13.1. The monoisotopic (exact) mass is 397 g/mol. The fraction of sp³-hybridized carbons (Fsp3) is 0.273. The Hall–Kier alpha value is -2.79. The SMILES string of the molecule is COc1cc([C@@H]2CC(=O)NC3=C2C(=O)C[C@@H](c2ccccc2Cl)C3)ccc1O. The van der Waals surface area contributed by atoms with Crippen molar-refractivity contribution in [2.45, 2.75) is 31.1 Å². The minimum atomic E-state index is -0.349. The Labute approximate surface area is 168 Å². The van der Waals surface area contributed by atoms with E-state index in [0.29, 0.717) is 34.9 Å². The van der Waals surface area contributed by atoms with Crippen LogP contribution in [0.3, 0.4) is 0 Å². The molecule has 0 unspecified atom stereocenters. The molecule has 2 aromatic carbocycles. The Kier molecular flexibility index (Phi) is 4.85. The Bertz CT molecular complexity index is 998. The van der Waals surface area contributed by atoms with Gasteiger partial charge in [-0.05, 0) is 41.7 Å². The summed E-state index contributed by atoms with van der Waals surface area (Å²) >= 11 is 6.33. The van der Waals surface area contributed by atoms with Crippen molar-refractivity contribution in [3.05, 3.63) is 69.9 Å². The van der Waals surface area contributed by atoms with Crippen LogP contribution in [-0.4, -0.2) is 23.9 Å². The van der Waals surface area contributed by atoms with Crippen LogP contribution < -0.4 is 10.1 Å². The number of methoxy groups -OCH3 is 1. The lowest BCUT2D eigenvalue weighted by atomic mass is 9.73. The number of rotatable bonds is 3. The molecule has 1 amide bonds. The van der Waals surface area contributed by atoms with E-state index in [0.717, 1.165) is 11.1 Å². The zero-order chi connectivity index (χ0) is 19.8. The van der Waals surface area contributed by atoms with Crippen LogP contribution in [0.5, 0.6) is 11.5 Å². The number of ether oxygens (including phenoxy) is 1. The van der Waals surface area contributed by atoms with E-state index >= 15 is 0 Å². The zero-order valence-corrected chi connectivity index (χ0v) is 16.1. The molecule has 5 nitrogen and oxygen atoms in total. The average molecular weight is 398 g/mol. The van der Waals surface area contributed by atoms with Crippen LogP contribution in [0.1, 0.15) is 42.2 Å². The van der Waals surface area contributed by atoms with Gasteiger partial charge in [0.05, 0.1) is 7.11 Å². The summed E-state index contributed by atoms with van der Waals surface area (Å²) in [4.78, 5) is 25.5. The van der Waals surface area contributed by atoms with Crippen LogP contribution in [0.25, 0.3) is 0 Å². The molecule has 2 atom stereocenters. The highest BCUT2D eigenvalue weighted by Crippen LogP contribution is 2.44. The second-order valence-electron chi connectivity index (χ2n) is 7.18. The molecule has 2 N–H and O–H groups in total. The molecule has 0 spiro atoms. The maximum Gasteiger partial charge on any atom is 0.225 e. The van der Waals surface area contributed by atoms with Gasteiger partial charge in [0.2, 0.25) is 5.91 Å². The van der Waals surface area contributed by atoms with Crippen molar-refractivity contribution in [3.63, 3.8) is 0 Å². The molecule has 4 rings (SSSR count). The van der Waals surface area contributed by atoms with Gasteiger partial charge in [0.1, 0.15) is 0 Å². The topological polar surface area (TPSA) is 75.6 Å². The number of phenols is 1. The third-order valence-corrected chi connectivity index (χ3v) is 5.83. The number of allylic oxidation sites excluding steroid dienone is 2. The number of halogens is 1. The number of Topliss-reactive ketones (excluding diaryl/α,β-unsaturated/α-hetero) is 1. The molecule has 2 aliphatic rings. The van der Waals surface area contributed by atoms with Crippen LogP contribution >= 0.6 is 11.6 Å². The van der Waals surface area contributed by atoms with E-state index in [9.17, 15) is 14.7 Å². The fourth-order valence-corrected chi connectivity index (χ4v) is 4.47. The summed E-state index contributed by atoms with van der Waals surface area (Å²) in [5, 5.41) is 13.4. The number of hydrogen-bond acceptors (Lipinski definition) is 4. The first-order valence-corrected chi connectivity index (χ1v) is 9.53. The predicted octanol–water partition coefficient (Wildman–Crippen LogP) is 4.06. The highest BCUT2D eigenvalue weighted by molar-refractivity contribution is 6.31. The van der Waals surface area contributed by atoms with Gasteiger partial charge in [0.25, 0.3) is 0 Å². The van der Waals surface area contributed by atoms with Gasteiger partial charge in [-0.15, -0.1) is 0 Å². The third-order valence-electron chi connectivity index (χ3n) is 5.49. The number of nitrogens with one attached hydrogen (secondary N) is 1. The van der Waals surface area contributed by atoms with Crippen molar-refractivity contribution in [1.29, 1.82) is 0 Å². The van der Waals surface area contributed by atoms with E-state index in [1.165, 1.54) is 13.2 Å². The molecule has 0 aromatic heterocycles. The molecule has 0 saturated carbocycles. The molecule has 6 heteroatoms. The maximum absolute atomic E-state index is 13.1. The van der Waals surface area contributed by atoms with E-state index in [2.05, 4.69) is 5.32 Å². The molecule has 1 heterocycles. The van der Waals surface area contributed by atoms with Gasteiger partial charge < -0.3 is 15.2 Å². The summed E-state index contributed by atoms with van der Waals surface area (Å²) in [6, 6.07) is 12.5. The van der Waals surface area contributed by atoms with Gasteiger partial charge in [-0.3, -0.25) is 9.59 Å². The summed E-state index contributed by atoms with van der Waals surface area (Å²) < 4.78 is 5.19. The number of hydrogen-bond donors (Lipinski definition) is 2. The Morgan fingerprint density at radius 3 is 2.64 bits per heavy atom. The Morgan fingerprint density at radius 1 is 1.11 bits per heavy atom. The Balaban J connectivity index is 1.74. The summed E-state index contributed by atoms with van der Waals surface area (Å²) in [5.41, 5.74) is 3.03. The highest BCUT2D eigenvalue weighted by Gasteiger charge is 2.38. The van der Waals surface area contributed by atoms with Crippen LogP contribution in [0.2, 0.25) is 5.02 Å². The first-order valence-electron chi connectivity index (χ1n) is 9.15. The quantitative estimate of drug-likeness (QED) is 0.819. The molecule has 1 aliphatic heterocycles. The van der Waals surface area contributed by atoms with Crippen LogP contribution in [-0.2, 0) is 9.59 Å². The zero-order valence-electron chi connectivity index (χ0n) is 15.4. The van der Waals surface area contributed by atoms with E-state index in [1.54, 1.807) is 12.1 Å². The number of benzene rings is 2. The van der Waals surface area contributed by atoms with Gasteiger partial charge in [-0.25, -0.2) is 0 Å². The Morgan fingerprint density at radius 2 is 1.89 bits per heavy atom. The summed E-state index contributed by atoms with van der Waals surface area (Å²) in [7, 11) is 1.47. The van der Waals surface area contributed by atoms with Gasteiger partial charge >= 0.3 is 0 Å². The minimum absolute atomic E-state index is 0.0169. The third kappa shape index (κ3) is 3.27. The lowest BCUT2D eigenvalue weighted by Crippen LogP contribution is -2.38. The molecule has 0 saturated heterocycles. The lowest BCUT2D eigenvalue weighted by Gasteiger charge is -2.34. The van der Waals surface area contributed by atoms with E-state index in [1.807, 2.05) is 24.3 Å². The van der Waals surface area contributed by atoms with E-state index < -0.39 is 0 Å². The molecular formula is C22H20ClNO4. The molecule has 1 aliphatic carbocycles. The molecular weight excluding hydrogens is 378 g/mol. The second-order valence-corrected chi connectivity index (χ2v) is 7.59. The molecule has 0 bridgehead atoms. The highest BCUT2D eigenvalue weighted by atomic mass is 35.5. The van der Waals surface area contributed by atoms with Crippen molar-refractivity contribution in [3.8, 4) is 11.5 Å². The standard InChI is InChI=1S/C22H20ClNO4/c1-28-20-10-12(6-7-18(20)25)15-11-21(27)24-17-8-13(9-19(26)22(15)17)14-4-2-3-5-16(14)23/h2-7,10,13,15,25H,8-9,11H2,1H3,(H,24,27)/t13-,15-/m0/s1. The van der Waals surface area contributed by atoms with Crippen molar-refractivity contribution >= 4 is 23.3 Å². The predicted molar refractivity (Wildman–Crippen MR) is 106 cm³/mol. The largest absolute Gasteiger partial charge is 0.504 e. The van der Waals surface area contributed by atoms with Gasteiger partial charge in [-0.1, -0.05) is 35.9 Å². The minimum Gasteiger partial charge on any atom is -0.504 e. The summed E-state index contributed by atoms with van der Waals surface area (Å²) in [6.45, 7) is 0. The number of amides is 1. The van der Waals surface area contributed by atoms with Crippen LogP contribution in [0.15, 0.2) is 53.7 Å². The number of aromatic hydroxyl groups is 1. The molecule has 0 radical (unpaired) electrons. The first-order chi connectivity index (χ1) is 13.5. The van der Waals surface area contributed by atoms with Gasteiger partial charge in [0.15, 0.2) is 17.3 Å². The number of carbonyl (C=O) groups excluding carboxylic acids is 2. The summed E-state index contributed by atoms with van der Waals surface area (Å²) in [6.07, 6.45) is 1.10. The molecule has 2 aromatic rings. The molecule has 0 fully saturated rings. The van der Waals surface area contributed by atoms with Crippen molar-refractivity contribution in [2.75, 3.05) is 7.11 Å². The van der Waals surface area contributed by atoms with Gasteiger partial charge in [-0.2, -0.15) is 0 Å². The normalized spacial score (nSPS) is 21.9. The van der Waals surface area contributed by atoms with E-state index in [4.69, 9.17) is 16.3 Å². The van der Waals surface area contributed by atoms with Crippen molar-refractivity contribution in [2.24, 2.45) is 0 Å². The first kappa shape index (κ1) is 18.6. The average Bonchev–Trinajstić information content (AvgIpc) is 2.67. The van der Waals surface area contributed by atoms with Crippen LogP contribution in [0, 0.1) is 0 Å². The van der Waals surface area contributed by atoms with Gasteiger partial charge in [0, 0.05) is 35.1 Å². The number of carbonyl (C=O) groups is 2. The van der Waals surface area contributed by atoms with Crippen molar-refractivity contribution in [1.82, 2.24) is 5.32 Å². The smallest absolute Gasteiger partial charge is 0.225 e. The molecule has 144 valence electrons. The van der Waals surface area contributed by atoms with Crippen LogP contribution in [0.4, 0.5) is 0 Å². The molecule has 28 heavy (non-hydrogen) atoms.